The number of H-pyrrole nitrogens is 2. The molecule has 0 unspecified atom stereocenters. The standard InChI is InChI=1S/C14H16N2O6/c1-3-21-9(17)5-7(2)4-8-6-10(18)22-13-11(8)12(19)15-14(20)16-13/h6-7H,3-5H2,1-2H3,(H2,15,16,19,20)/t7-/m0/s1. The first-order valence-electron chi connectivity index (χ1n) is 6.85. The highest BCUT2D eigenvalue weighted by Gasteiger charge is 2.16. The minimum absolute atomic E-state index is 0.106. The Labute approximate surface area is 124 Å². The average Bonchev–Trinajstić information content (AvgIpc) is 2.36. The third kappa shape index (κ3) is 3.51. The maximum atomic E-state index is 11.9. The van der Waals surface area contributed by atoms with Gasteiger partial charge in [-0.05, 0) is 24.8 Å². The summed E-state index contributed by atoms with van der Waals surface area (Å²) in [7, 11) is 0. The van der Waals surface area contributed by atoms with Crippen molar-refractivity contribution in [3.63, 3.8) is 0 Å². The van der Waals surface area contributed by atoms with Gasteiger partial charge in [-0.15, -0.1) is 0 Å². The van der Waals surface area contributed by atoms with Crippen LogP contribution in [0.25, 0.3) is 11.1 Å². The number of carbonyl (C=O) groups is 1. The first kappa shape index (κ1) is 15.7. The summed E-state index contributed by atoms with van der Waals surface area (Å²) in [5.41, 5.74) is -1.81. The van der Waals surface area contributed by atoms with Crippen molar-refractivity contribution in [3.8, 4) is 0 Å². The van der Waals surface area contributed by atoms with Gasteiger partial charge in [0.2, 0.25) is 5.71 Å². The molecule has 0 aliphatic carbocycles. The van der Waals surface area contributed by atoms with Gasteiger partial charge in [-0.25, -0.2) is 9.59 Å². The monoisotopic (exact) mass is 308 g/mol. The van der Waals surface area contributed by atoms with Gasteiger partial charge in [-0.3, -0.25) is 19.6 Å². The molecule has 0 radical (unpaired) electrons. The molecule has 2 aromatic rings. The molecule has 2 N–H and O–H groups in total. The zero-order valence-corrected chi connectivity index (χ0v) is 12.2. The lowest BCUT2D eigenvalue weighted by Crippen LogP contribution is -2.24. The predicted molar refractivity (Wildman–Crippen MR) is 77.8 cm³/mol. The summed E-state index contributed by atoms with van der Waals surface area (Å²) < 4.78 is 9.71. The van der Waals surface area contributed by atoms with Crippen molar-refractivity contribution < 1.29 is 13.9 Å². The summed E-state index contributed by atoms with van der Waals surface area (Å²) >= 11 is 0. The predicted octanol–water partition coefficient (Wildman–Crippen LogP) is 0.301. The van der Waals surface area contributed by atoms with Gasteiger partial charge in [0.1, 0.15) is 5.39 Å². The van der Waals surface area contributed by atoms with Crippen LogP contribution in [0.1, 0.15) is 25.8 Å². The second-order valence-corrected chi connectivity index (χ2v) is 5.02. The summed E-state index contributed by atoms with van der Waals surface area (Å²) in [5, 5.41) is 0.106. The molecule has 2 heterocycles. The molecule has 8 heteroatoms. The van der Waals surface area contributed by atoms with Crippen LogP contribution >= 0.6 is 0 Å². The Morgan fingerprint density at radius 2 is 2.05 bits per heavy atom. The second-order valence-electron chi connectivity index (χ2n) is 5.02. The highest BCUT2D eigenvalue weighted by atomic mass is 16.5. The number of rotatable bonds is 5. The molecule has 118 valence electrons. The molecule has 22 heavy (non-hydrogen) atoms. The molecule has 0 aliphatic rings. The van der Waals surface area contributed by atoms with Crippen molar-refractivity contribution in [3.05, 3.63) is 42.9 Å². The summed E-state index contributed by atoms with van der Waals surface area (Å²) in [6.45, 7) is 3.82. The highest BCUT2D eigenvalue weighted by Crippen LogP contribution is 2.16. The van der Waals surface area contributed by atoms with Crippen LogP contribution in [0.5, 0.6) is 0 Å². The van der Waals surface area contributed by atoms with E-state index in [9.17, 15) is 19.2 Å². The van der Waals surface area contributed by atoms with Gasteiger partial charge in [0.25, 0.3) is 5.56 Å². The van der Waals surface area contributed by atoms with Crippen LogP contribution in [0.3, 0.4) is 0 Å². The zero-order valence-electron chi connectivity index (χ0n) is 12.2. The van der Waals surface area contributed by atoms with Gasteiger partial charge in [-0.2, -0.15) is 0 Å². The molecule has 2 rings (SSSR count). The van der Waals surface area contributed by atoms with Gasteiger partial charge in [0.15, 0.2) is 0 Å². The molecular weight excluding hydrogens is 292 g/mol. The SMILES string of the molecule is CCOC(=O)C[C@@H](C)Cc1cc(=O)oc2[nH]c(=O)[nH]c(=O)c12. The third-order valence-electron chi connectivity index (χ3n) is 3.11. The number of aromatic nitrogens is 2. The Morgan fingerprint density at radius 3 is 2.73 bits per heavy atom. The lowest BCUT2D eigenvalue weighted by atomic mass is 9.97. The van der Waals surface area contributed by atoms with E-state index in [4.69, 9.17) is 9.15 Å². The van der Waals surface area contributed by atoms with Crippen molar-refractivity contribution in [2.45, 2.75) is 26.7 Å². The van der Waals surface area contributed by atoms with E-state index in [-0.39, 0.29) is 29.4 Å². The van der Waals surface area contributed by atoms with E-state index in [1.165, 1.54) is 6.07 Å². The van der Waals surface area contributed by atoms with E-state index in [1.54, 1.807) is 13.8 Å². The third-order valence-corrected chi connectivity index (χ3v) is 3.11. The minimum Gasteiger partial charge on any atom is -0.466 e. The fraction of sp³-hybridized carbons (Fsp3) is 0.429. The number of hydrogen-bond donors (Lipinski definition) is 2. The fourth-order valence-electron chi connectivity index (χ4n) is 2.29. The summed E-state index contributed by atoms with van der Waals surface area (Å²) in [5.74, 6) is -0.486. The lowest BCUT2D eigenvalue weighted by molar-refractivity contribution is -0.144. The number of aromatic amines is 2. The molecular formula is C14H16N2O6. The van der Waals surface area contributed by atoms with Crippen molar-refractivity contribution in [2.75, 3.05) is 6.61 Å². The number of nitrogens with one attached hydrogen (secondary N) is 2. The second kappa shape index (κ2) is 6.42. The largest absolute Gasteiger partial charge is 0.466 e. The van der Waals surface area contributed by atoms with Gasteiger partial charge >= 0.3 is 17.3 Å². The van der Waals surface area contributed by atoms with Crippen molar-refractivity contribution in [1.82, 2.24) is 9.97 Å². The van der Waals surface area contributed by atoms with Crippen LogP contribution in [0.2, 0.25) is 0 Å². The molecule has 0 aliphatic heterocycles. The van der Waals surface area contributed by atoms with Crippen molar-refractivity contribution in [2.24, 2.45) is 5.92 Å². The van der Waals surface area contributed by atoms with Crippen LogP contribution < -0.4 is 16.9 Å². The van der Waals surface area contributed by atoms with Gasteiger partial charge in [-0.1, -0.05) is 6.92 Å². The smallest absolute Gasteiger partial charge is 0.337 e. The van der Waals surface area contributed by atoms with E-state index >= 15 is 0 Å². The first-order valence-corrected chi connectivity index (χ1v) is 6.85. The number of carbonyl (C=O) groups excluding carboxylic acids is 1. The molecule has 0 bridgehead atoms. The number of esters is 1. The molecule has 0 saturated heterocycles. The molecule has 8 nitrogen and oxygen atoms in total. The number of ether oxygens (including phenoxy) is 1. The fourth-order valence-corrected chi connectivity index (χ4v) is 2.29. The van der Waals surface area contributed by atoms with Crippen LogP contribution in [-0.4, -0.2) is 22.5 Å². The van der Waals surface area contributed by atoms with Crippen LogP contribution in [0.15, 0.2) is 24.9 Å². The Bertz CT molecular complexity index is 855. The van der Waals surface area contributed by atoms with Gasteiger partial charge in [0, 0.05) is 12.5 Å². The summed E-state index contributed by atoms with van der Waals surface area (Å²) in [4.78, 5) is 50.5. The maximum Gasteiger partial charge on any atom is 0.337 e. The van der Waals surface area contributed by atoms with E-state index in [2.05, 4.69) is 9.97 Å². The zero-order chi connectivity index (χ0) is 16.3. The number of hydrogen-bond acceptors (Lipinski definition) is 6. The molecule has 0 amide bonds. The Hall–Kier alpha value is -2.64. The Balaban J connectivity index is 2.39. The van der Waals surface area contributed by atoms with E-state index < -0.39 is 16.9 Å². The molecule has 0 fully saturated rings. The molecule has 0 spiro atoms. The van der Waals surface area contributed by atoms with Gasteiger partial charge < -0.3 is 9.15 Å². The topological polar surface area (TPSA) is 122 Å². The Morgan fingerprint density at radius 1 is 1.32 bits per heavy atom. The van der Waals surface area contributed by atoms with E-state index in [0.717, 1.165) is 0 Å². The van der Waals surface area contributed by atoms with Crippen LogP contribution in [-0.2, 0) is 16.0 Å². The summed E-state index contributed by atoms with van der Waals surface area (Å²) in [6.07, 6.45) is 0.465. The first-order chi connectivity index (χ1) is 10.4. The quantitative estimate of drug-likeness (QED) is 0.766. The summed E-state index contributed by atoms with van der Waals surface area (Å²) in [6, 6.07) is 1.19. The maximum absolute atomic E-state index is 11.9. The minimum atomic E-state index is -0.752. The molecule has 1 atom stereocenters. The molecule has 0 aromatic carbocycles. The normalized spacial score (nSPS) is 12.3. The van der Waals surface area contributed by atoms with Crippen molar-refractivity contribution >= 4 is 17.1 Å². The van der Waals surface area contributed by atoms with Crippen LogP contribution in [0, 0.1) is 5.92 Å². The van der Waals surface area contributed by atoms with Crippen molar-refractivity contribution in [1.29, 1.82) is 0 Å². The average molecular weight is 308 g/mol. The lowest BCUT2D eigenvalue weighted by Gasteiger charge is -2.11. The highest BCUT2D eigenvalue weighted by molar-refractivity contribution is 5.75. The Kier molecular flexibility index (Phi) is 4.59. The molecule has 0 saturated carbocycles. The molecule has 2 aromatic heterocycles. The number of fused-ring (bicyclic) bond motifs is 1. The van der Waals surface area contributed by atoms with E-state index in [0.29, 0.717) is 18.6 Å². The van der Waals surface area contributed by atoms with Gasteiger partial charge in [0.05, 0.1) is 6.61 Å². The van der Waals surface area contributed by atoms with Crippen LogP contribution in [0.4, 0.5) is 0 Å². The van der Waals surface area contributed by atoms with E-state index in [1.807, 2.05) is 0 Å².